The van der Waals surface area contributed by atoms with Gasteiger partial charge in [-0.1, -0.05) is 17.0 Å². The number of piperidine rings is 1. The van der Waals surface area contributed by atoms with Crippen LogP contribution >= 0.6 is 0 Å². The molecular formula is C33H42N6O6. The standard InChI is InChI=1S/C33H42N6O6/c1-33(2,3)45-32(43)39(24-9-7-23(8-10-24)36-37-34)25-11-13-26(14-12-25)44-18-4-5-21-6-15-27-22(19-21)20-38(31(27)42)28-16-17-29(40)35-30(28)41/h6,15,19,23-26,28H,7-14,16-18,20H2,1-3H3,(H,35,40,41). The molecule has 0 radical (unpaired) electrons. The zero-order valence-electron chi connectivity index (χ0n) is 26.3. The van der Waals surface area contributed by atoms with Crippen LogP contribution in [0.2, 0.25) is 0 Å². The summed E-state index contributed by atoms with van der Waals surface area (Å²) in [7, 11) is 0. The highest BCUT2D eigenvalue weighted by Crippen LogP contribution is 2.33. The molecule has 12 heteroatoms. The number of carbonyl (C=O) groups excluding carboxylic acids is 4. The minimum absolute atomic E-state index is 0.0104. The van der Waals surface area contributed by atoms with Crippen molar-refractivity contribution in [1.82, 2.24) is 15.1 Å². The maximum Gasteiger partial charge on any atom is 0.410 e. The highest BCUT2D eigenvalue weighted by molar-refractivity contribution is 6.05. The monoisotopic (exact) mass is 618 g/mol. The van der Waals surface area contributed by atoms with Crippen LogP contribution in [0.25, 0.3) is 10.4 Å². The first-order valence-electron chi connectivity index (χ1n) is 16.0. The number of azide groups is 1. The number of nitrogens with one attached hydrogen (secondary N) is 1. The summed E-state index contributed by atoms with van der Waals surface area (Å²) in [4.78, 5) is 56.5. The summed E-state index contributed by atoms with van der Waals surface area (Å²) in [5.74, 6) is 5.28. The first-order chi connectivity index (χ1) is 21.5. The van der Waals surface area contributed by atoms with Crippen LogP contribution < -0.4 is 5.32 Å². The van der Waals surface area contributed by atoms with Crippen LogP contribution in [0, 0.1) is 11.8 Å². The zero-order valence-corrected chi connectivity index (χ0v) is 26.3. The minimum Gasteiger partial charge on any atom is -0.444 e. The van der Waals surface area contributed by atoms with Gasteiger partial charge in [0.05, 0.1) is 6.10 Å². The zero-order chi connectivity index (χ0) is 32.1. The van der Waals surface area contributed by atoms with Crippen LogP contribution in [0.15, 0.2) is 23.3 Å². The third-order valence-corrected chi connectivity index (χ3v) is 9.06. The van der Waals surface area contributed by atoms with Gasteiger partial charge in [-0.3, -0.25) is 19.7 Å². The molecule has 4 aliphatic rings. The Balaban J connectivity index is 1.12. The summed E-state index contributed by atoms with van der Waals surface area (Å²) in [6.45, 7) is 6.22. The van der Waals surface area contributed by atoms with Crippen molar-refractivity contribution in [2.24, 2.45) is 5.11 Å². The molecule has 2 aliphatic heterocycles. The van der Waals surface area contributed by atoms with Crippen molar-refractivity contribution in [2.75, 3.05) is 6.61 Å². The SMILES string of the molecule is CC(C)(C)OC(=O)N(C1CCC(N=[N+]=[N-])CC1)C1CCC(OCC#Cc2ccc3c(c2)CN(C2CCC(=O)NC2=O)C3=O)CC1. The van der Waals surface area contributed by atoms with Gasteiger partial charge in [0.25, 0.3) is 5.91 Å². The molecule has 2 heterocycles. The van der Waals surface area contributed by atoms with E-state index in [2.05, 4.69) is 27.2 Å². The van der Waals surface area contributed by atoms with Gasteiger partial charge in [-0.15, -0.1) is 0 Å². The van der Waals surface area contributed by atoms with E-state index >= 15 is 0 Å². The second-order valence-corrected chi connectivity index (χ2v) is 13.4. The van der Waals surface area contributed by atoms with Crippen LogP contribution in [-0.4, -0.2) is 76.1 Å². The summed E-state index contributed by atoms with van der Waals surface area (Å²) in [6, 6.07) is 4.91. The number of ether oxygens (including phenoxy) is 2. The van der Waals surface area contributed by atoms with E-state index in [9.17, 15) is 19.2 Å². The Morgan fingerprint density at radius 1 is 1.07 bits per heavy atom. The number of benzene rings is 1. The smallest absolute Gasteiger partial charge is 0.410 e. The number of hydrogen-bond donors (Lipinski definition) is 1. The highest BCUT2D eigenvalue weighted by atomic mass is 16.6. The number of nitrogens with zero attached hydrogens (tertiary/aromatic N) is 5. The van der Waals surface area contributed by atoms with E-state index in [1.807, 2.05) is 31.7 Å². The molecule has 3 fully saturated rings. The van der Waals surface area contributed by atoms with Gasteiger partial charge < -0.3 is 19.3 Å². The fourth-order valence-corrected chi connectivity index (χ4v) is 6.88. The molecule has 1 saturated heterocycles. The van der Waals surface area contributed by atoms with Crippen LogP contribution in [0.3, 0.4) is 0 Å². The van der Waals surface area contributed by atoms with E-state index in [0.717, 1.165) is 62.5 Å². The third-order valence-electron chi connectivity index (χ3n) is 9.06. The second kappa shape index (κ2) is 13.9. The maximum absolute atomic E-state index is 13.3. The molecule has 2 aliphatic carbocycles. The lowest BCUT2D eigenvalue weighted by molar-refractivity contribution is -0.136. The van der Waals surface area contributed by atoms with Crippen molar-refractivity contribution in [3.05, 3.63) is 45.3 Å². The largest absolute Gasteiger partial charge is 0.444 e. The normalized spacial score (nSPS) is 26.6. The lowest BCUT2D eigenvalue weighted by Crippen LogP contribution is -2.52. The molecule has 240 valence electrons. The Hall–Kier alpha value is -4.07. The minimum atomic E-state index is -0.643. The fourth-order valence-electron chi connectivity index (χ4n) is 6.88. The Morgan fingerprint density at radius 3 is 2.40 bits per heavy atom. The number of carbonyl (C=O) groups is 4. The van der Waals surface area contributed by atoms with Crippen molar-refractivity contribution in [3.8, 4) is 11.8 Å². The highest BCUT2D eigenvalue weighted by Gasteiger charge is 2.40. The molecule has 1 aromatic carbocycles. The molecule has 12 nitrogen and oxygen atoms in total. The lowest BCUT2D eigenvalue weighted by Gasteiger charge is -2.43. The van der Waals surface area contributed by atoms with E-state index in [4.69, 9.17) is 15.0 Å². The first-order valence-corrected chi connectivity index (χ1v) is 16.0. The number of fused-ring (bicyclic) bond motifs is 1. The molecule has 1 unspecified atom stereocenters. The summed E-state index contributed by atoms with van der Waals surface area (Å²) in [5, 5.41) is 6.21. The molecule has 0 spiro atoms. The fraction of sp³-hybridized carbons (Fsp3) is 0.636. The molecule has 1 aromatic rings. The van der Waals surface area contributed by atoms with Gasteiger partial charge in [0.15, 0.2) is 0 Å². The topological polar surface area (TPSA) is 154 Å². The average molecular weight is 619 g/mol. The number of hydrogen-bond acceptors (Lipinski definition) is 7. The van der Waals surface area contributed by atoms with Crippen LogP contribution in [0.1, 0.15) is 106 Å². The van der Waals surface area contributed by atoms with Gasteiger partial charge in [-0.2, -0.15) is 0 Å². The van der Waals surface area contributed by atoms with E-state index in [0.29, 0.717) is 18.5 Å². The number of amides is 4. The Labute approximate surface area is 263 Å². The van der Waals surface area contributed by atoms with E-state index < -0.39 is 17.6 Å². The maximum atomic E-state index is 13.3. The number of rotatable bonds is 6. The van der Waals surface area contributed by atoms with Crippen LogP contribution in [-0.2, 0) is 25.6 Å². The Morgan fingerprint density at radius 2 is 1.76 bits per heavy atom. The molecule has 45 heavy (non-hydrogen) atoms. The summed E-state index contributed by atoms with van der Waals surface area (Å²) >= 11 is 0. The Bertz CT molecular complexity index is 1420. The van der Waals surface area contributed by atoms with Crippen molar-refractivity contribution in [1.29, 1.82) is 0 Å². The predicted molar refractivity (Wildman–Crippen MR) is 165 cm³/mol. The molecule has 0 aromatic heterocycles. The van der Waals surface area contributed by atoms with Gasteiger partial charge >= 0.3 is 6.09 Å². The van der Waals surface area contributed by atoms with Gasteiger partial charge in [-0.25, -0.2) is 4.79 Å². The van der Waals surface area contributed by atoms with Crippen molar-refractivity contribution < 1.29 is 28.7 Å². The van der Waals surface area contributed by atoms with Crippen LogP contribution in [0.4, 0.5) is 4.79 Å². The molecular weight excluding hydrogens is 576 g/mol. The number of imide groups is 1. The molecule has 2 saturated carbocycles. The summed E-state index contributed by atoms with van der Waals surface area (Å²) in [6.07, 6.45) is 6.71. The molecule has 4 amide bonds. The van der Waals surface area contributed by atoms with Crippen molar-refractivity contribution in [2.45, 2.75) is 127 Å². The van der Waals surface area contributed by atoms with Crippen molar-refractivity contribution in [3.63, 3.8) is 0 Å². The average Bonchev–Trinajstić information content (AvgIpc) is 3.31. The quantitative estimate of drug-likeness (QED) is 0.156. The van der Waals surface area contributed by atoms with Gasteiger partial charge in [-0.05, 0) is 108 Å². The van der Waals surface area contributed by atoms with E-state index in [1.54, 1.807) is 12.1 Å². The lowest BCUT2D eigenvalue weighted by atomic mass is 9.86. The third kappa shape index (κ3) is 7.96. The van der Waals surface area contributed by atoms with Crippen molar-refractivity contribution >= 4 is 23.8 Å². The predicted octanol–water partition coefficient (Wildman–Crippen LogP) is 4.99. The molecule has 0 bridgehead atoms. The first kappa shape index (κ1) is 32.3. The van der Waals surface area contributed by atoms with E-state index in [-0.39, 0.29) is 55.2 Å². The van der Waals surface area contributed by atoms with Gasteiger partial charge in [0.1, 0.15) is 18.2 Å². The molecule has 1 atom stereocenters. The summed E-state index contributed by atoms with van der Waals surface area (Å²) in [5.41, 5.74) is 10.4. The molecule has 5 rings (SSSR count). The van der Waals surface area contributed by atoms with E-state index in [1.165, 1.54) is 4.90 Å². The Kier molecular flexibility index (Phi) is 10.0. The second-order valence-electron chi connectivity index (χ2n) is 13.4. The summed E-state index contributed by atoms with van der Waals surface area (Å²) < 4.78 is 11.9. The van der Waals surface area contributed by atoms with Crippen LogP contribution in [0.5, 0.6) is 0 Å². The molecule has 1 N–H and O–H groups in total. The van der Waals surface area contributed by atoms with Gasteiger partial charge in [0.2, 0.25) is 11.8 Å². The van der Waals surface area contributed by atoms with Gasteiger partial charge in [0, 0.05) is 47.1 Å².